The van der Waals surface area contributed by atoms with Gasteiger partial charge < -0.3 is 10.1 Å². The molecule has 1 aliphatic rings. The zero-order valence-electron chi connectivity index (χ0n) is 13.2. The summed E-state index contributed by atoms with van der Waals surface area (Å²) in [5, 5.41) is 14.4. The summed E-state index contributed by atoms with van der Waals surface area (Å²) in [6.07, 6.45) is 4.50. The van der Waals surface area contributed by atoms with Crippen LogP contribution in [0.5, 0.6) is 5.75 Å². The van der Waals surface area contributed by atoms with Gasteiger partial charge in [-0.15, -0.1) is 5.10 Å². The molecule has 2 aromatic carbocycles. The third kappa shape index (κ3) is 2.92. The van der Waals surface area contributed by atoms with Crippen LogP contribution in [0.4, 0.5) is 0 Å². The number of nitrogens with one attached hydrogen (secondary N) is 1. The normalized spacial score (nSPS) is 17.7. The Morgan fingerprint density at radius 3 is 2.91 bits per heavy atom. The first kappa shape index (κ1) is 14.2. The number of methoxy groups -OCH3 is 1. The maximum atomic E-state index is 5.27. The maximum absolute atomic E-state index is 5.27. The van der Waals surface area contributed by atoms with Crippen LogP contribution in [0.25, 0.3) is 22.0 Å². The van der Waals surface area contributed by atoms with Crippen LogP contribution in [0.2, 0.25) is 0 Å². The minimum absolute atomic E-state index is 0.522. The Morgan fingerprint density at radius 1 is 1.22 bits per heavy atom. The van der Waals surface area contributed by atoms with E-state index in [2.05, 4.69) is 39.9 Å². The predicted molar refractivity (Wildman–Crippen MR) is 90.5 cm³/mol. The van der Waals surface area contributed by atoms with Gasteiger partial charge in [0.2, 0.25) is 0 Å². The molecule has 0 saturated carbocycles. The topological polar surface area (TPSA) is 52.0 Å². The fraction of sp³-hybridized carbons (Fsp3) is 0.333. The second-order valence-corrected chi connectivity index (χ2v) is 6.05. The second kappa shape index (κ2) is 6.01. The molecular weight excluding hydrogens is 288 g/mol. The Kier molecular flexibility index (Phi) is 3.71. The molecule has 118 valence electrons. The van der Waals surface area contributed by atoms with Crippen LogP contribution in [0.3, 0.4) is 0 Å². The summed E-state index contributed by atoms with van der Waals surface area (Å²) in [6.45, 7) is 2.00. The molecule has 1 fully saturated rings. The first-order chi connectivity index (χ1) is 11.3. The molecule has 0 unspecified atom stereocenters. The van der Waals surface area contributed by atoms with Crippen molar-refractivity contribution in [3.8, 4) is 17.0 Å². The first-order valence-electron chi connectivity index (χ1n) is 8.03. The lowest BCUT2D eigenvalue weighted by Crippen LogP contribution is -2.26. The van der Waals surface area contributed by atoms with E-state index in [4.69, 9.17) is 4.74 Å². The van der Waals surface area contributed by atoms with Crippen molar-refractivity contribution in [1.29, 1.82) is 0 Å². The fourth-order valence-corrected chi connectivity index (χ4v) is 3.17. The molecule has 0 radical (unpaired) electrons. The van der Waals surface area contributed by atoms with Gasteiger partial charge >= 0.3 is 0 Å². The highest BCUT2D eigenvalue weighted by Gasteiger charge is 2.15. The summed E-state index contributed by atoms with van der Waals surface area (Å²) in [5.74, 6) is 0.875. The number of ether oxygens (including phenoxy) is 1. The summed E-state index contributed by atoms with van der Waals surface area (Å²) in [4.78, 5) is 0. The zero-order valence-corrected chi connectivity index (χ0v) is 13.2. The van der Waals surface area contributed by atoms with Gasteiger partial charge in [-0.05, 0) is 48.4 Å². The molecule has 0 bridgehead atoms. The van der Waals surface area contributed by atoms with Crippen LogP contribution >= 0.6 is 0 Å². The summed E-state index contributed by atoms with van der Waals surface area (Å²) < 4.78 is 7.21. The van der Waals surface area contributed by atoms with Crippen LogP contribution < -0.4 is 10.1 Å². The van der Waals surface area contributed by atoms with Crippen LogP contribution in [0.15, 0.2) is 42.6 Å². The van der Waals surface area contributed by atoms with Crippen molar-refractivity contribution in [3.05, 3.63) is 42.6 Å². The highest BCUT2D eigenvalue weighted by molar-refractivity contribution is 5.87. The van der Waals surface area contributed by atoms with Crippen LogP contribution in [0, 0.1) is 0 Å². The Bertz CT molecular complexity index is 821. The predicted octanol–water partition coefficient (Wildman–Crippen LogP) is 2.86. The largest absolute Gasteiger partial charge is 0.497 e. The number of hydrogen-bond donors (Lipinski definition) is 1. The SMILES string of the molecule is COc1ccc2cc(-c3cn(C[C@@H]4CCCN4)nn3)ccc2c1. The third-order valence-electron chi connectivity index (χ3n) is 4.45. The number of nitrogens with zero attached hydrogens (tertiary/aromatic N) is 3. The molecule has 1 N–H and O–H groups in total. The summed E-state index contributed by atoms with van der Waals surface area (Å²) in [5.41, 5.74) is 2.01. The molecule has 4 rings (SSSR count). The molecule has 1 aliphatic heterocycles. The van der Waals surface area contributed by atoms with Gasteiger partial charge in [0.25, 0.3) is 0 Å². The Labute approximate surface area is 135 Å². The molecule has 3 aromatic rings. The van der Waals surface area contributed by atoms with E-state index in [-0.39, 0.29) is 0 Å². The van der Waals surface area contributed by atoms with E-state index in [0.29, 0.717) is 6.04 Å². The van der Waals surface area contributed by atoms with Crippen molar-refractivity contribution in [2.24, 2.45) is 0 Å². The molecule has 2 heterocycles. The van der Waals surface area contributed by atoms with Gasteiger partial charge in [-0.2, -0.15) is 0 Å². The van der Waals surface area contributed by atoms with Gasteiger partial charge in [-0.3, -0.25) is 4.68 Å². The lowest BCUT2D eigenvalue weighted by molar-refractivity contribution is 0.415. The summed E-state index contributed by atoms with van der Waals surface area (Å²) in [7, 11) is 1.69. The standard InChI is InChI=1S/C18H20N4O/c1-23-17-7-6-13-9-15(5-4-14(13)10-17)18-12-22(21-20-18)11-16-3-2-8-19-16/h4-7,9-10,12,16,19H,2-3,8,11H2,1H3/t16-/m0/s1. The molecule has 23 heavy (non-hydrogen) atoms. The van der Waals surface area contributed by atoms with E-state index in [1.165, 1.54) is 18.2 Å². The highest BCUT2D eigenvalue weighted by Crippen LogP contribution is 2.26. The summed E-state index contributed by atoms with van der Waals surface area (Å²) in [6, 6.07) is 13.0. The minimum Gasteiger partial charge on any atom is -0.497 e. The van der Waals surface area contributed by atoms with E-state index >= 15 is 0 Å². The fourth-order valence-electron chi connectivity index (χ4n) is 3.17. The number of aromatic nitrogens is 3. The van der Waals surface area contributed by atoms with E-state index in [1.54, 1.807) is 7.11 Å². The van der Waals surface area contributed by atoms with Crippen LogP contribution in [-0.4, -0.2) is 34.7 Å². The molecule has 5 heteroatoms. The lowest BCUT2D eigenvalue weighted by Gasteiger charge is -2.08. The second-order valence-electron chi connectivity index (χ2n) is 6.05. The lowest BCUT2D eigenvalue weighted by atomic mass is 10.1. The van der Waals surface area contributed by atoms with Crippen LogP contribution in [-0.2, 0) is 6.54 Å². The van der Waals surface area contributed by atoms with Crippen molar-refractivity contribution in [1.82, 2.24) is 20.3 Å². The monoisotopic (exact) mass is 308 g/mol. The molecule has 1 aromatic heterocycles. The number of hydrogen-bond acceptors (Lipinski definition) is 4. The molecule has 0 spiro atoms. The Morgan fingerprint density at radius 2 is 2.09 bits per heavy atom. The van der Waals surface area contributed by atoms with Gasteiger partial charge in [0.05, 0.1) is 19.9 Å². The molecular formula is C18H20N4O. The van der Waals surface area contributed by atoms with E-state index in [1.807, 2.05) is 23.0 Å². The number of benzene rings is 2. The van der Waals surface area contributed by atoms with Crippen molar-refractivity contribution < 1.29 is 4.74 Å². The maximum Gasteiger partial charge on any atom is 0.119 e. The average molecular weight is 308 g/mol. The average Bonchev–Trinajstić information content (AvgIpc) is 3.26. The van der Waals surface area contributed by atoms with E-state index < -0.39 is 0 Å². The number of fused-ring (bicyclic) bond motifs is 1. The molecule has 5 nitrogen and oxygen atoms in total. The van der Waals surface area contributed by atoms with E-state index in [0.717, 1.165) is 35.5 Å². The van der Waals surface area contributed by atoms with Crippen molar-refractivity contribution >= 4 is 10.8 Å². The van der Waals surface area contributed by atoms with Gasteiger partial charge in [-0.25, -0.2) is 0 Å². The van der Waals surface area contributed by atoms with Crippen molar-refractivity contribution in [2.45, 2.75) is 25.4 Å². The van der Waals surface area contributed by atoms with Crippen molar-refractivity contribution in [2.75, 3.05) is 13.7 Å². The van der Waals surface area contributed by atoms with Gasteiger partial charge in [0.15, 0.2) is 0 Å². The Hall–Kier alpha value is -2.40. The van der Waals surface area contributed by atoms with Gasteiger partial charge in [-0.1, -0.05) is 23.4 Å². The van der Waals surface area contributed by atoms with E-state index in [9.17, 15) is 0 Å². The first-order valence-corrected chi connectivity index (χ1v) is 8.03. The molecule has 0 aliphatic carbocycles. The quantitative estimate of drug-likeness (QED) is 0.805. The molecule has 1 saturated heterocycles. The molecule has 0 amide bonds. The Balaban J connectivity index is 1.59. The van der Waals surface area contributed by atoms with Gasteiger partial charge in [0, 0.05) is 11.6 Å². The molecule has 1 atom stereocenters. The zero-order chi connectivity index (χ0) is 15.6. The summed E-state index contributed by atoms with van der Waals surface area (Å²) >= 11 is 0. The van der Waals surface area contributed by atoms with Crippen LogP contribution in [0.1, 0.15) is 12.8 Å². The third-order valence-corrected chi connectivity index (χ3v) is 4.45. The smallest absolute Gasteiger partial charge is 0.119 e. The highest BCUT2D eigenvalue weighted by atomic mass is 16.5. The number of rotatable bonds is 4. The minimum atomic E-state index is 0.522. The van der Waals surface area contributed by atoms with Gasteiger partial charge in [0.1, 0.15) is 11.4 Å². The van der Waals surface area contributed by atoms with Crippen molar-refractivity contribution in [3.63, 3.8) is 0 Å².